The van der Waals surface area contributed by atoms with Crippen LogP contribution < -0.4 is 10.3 Å². The number of para-hydroxylation sites is 1. The van der Waals surface area contributed by atoms with E-state index in [-0.39, 0.29) is 0 Å². The maximum atomic E-state index is 6.13. The highest BCUT2D eigenvalue weighted by atomic mass is 35.5. The molecule has 90 valence electrons. The average Bonchev–Trinajstić information content (AvgIpc) is 2.36. The molecule has 4 heteroatoms. The fourth-order valence-corrected chi connectivity index (χ4v) is 2.02. The molecule has 0 radical (unpaired) electrons. The number of benzene rings is 1. The van der Waals surface area contributed by atoms with Crippen LogP contribution >= 0.6 is 11.6 Å². The second-order valence-electron chi connectivity index (χ2n) is 3.83. The van der Waals surface area contributed by atoms with Gasteiger partial charge in [-0.15, -0.1) is 0 Å². The number of fused-ring (bicyclic) bond motifs is 1. The largest absolute Gasteiger partial charge is 0.385 e. The summed E-state index contributed by atoms with van der Waals surface area (Å²) in [6.45, 7) is 1.66. The Kier molecular flexibility index (Phi) is 4.18. The number of rotatable bonds is 5. The molecule has 1 aromatic heterocycles. The Morgan fingerprint density at radius 2 is 2.24 bits per heavy atom. The van der Waals surface area contributed by atoms with Gasteiger partial charge in [-0.2, -0.15) is 0 Å². The van der Waals surface area contributed by atoms with Crippen LogP contribution in [-0.4, -0.2) is 20.3 Å². The van der Waals surface area contributed by atoms with Gasteiger partial charge in [-0.05, 0) is 18.6 Å². The van der Waals surface area contributed by atoms with Crippen molar-refractivity contribution in [3.63, 3.8) is 0 Å². The normalized spacial score (nSPS) is 10.7. The summed E-state index contributed by atoms with van der Waals surface area (Å²) in [5.74, 6) is 0. The predicted octanol–water partition coefficient (Wildman–Crippen LogP) is 2.76. The maximum Gasteiger partial charge on any atom is 0.231 e. The van der Waals surface area contributed by atoms with Gasteiger partial charge >= 0.3 is 0 Å². The number of hydrogen-bond acceptors (Lipinski definition) is 2. The smallest absolute Gasteiger partial charge is 0.231 e. The minimum atomic E-state index is 0.739. The van der Waals surface area contributed by atoms with Gasteiger partial charge in [0.1, 0.15) is 5.02 Å². The van der Waals surface area contributed by atoms with Gasteiger partial charge in [-0.25, -0.2) is 4.98 Å². The number of ether oxygens (including phenoxy) is 1. The SMILES string of the molecule is COCCCNc1cc[nH+]c2c(Cl)cccc12. The lowest BCUT2D eigenvalue weighted by Gasteiger charge is -2.07. The number of aromatic amines is 1. The fourth-order valence-electron chi connectivity index (χ4n) is 1.79. The zero-order valence-corrected chi connectivity index (χ0v) is 10.6. The first-order chi connectivity index (χ1) is 8.33. The van der Waals surface area contributed by atoms with Crippen LogP contribution in [0.25, 0.3) is 10.9 Å². The number of anilines is 1. The first-order valence-corrected chi connectivity index (χ1v) is 6.02. The summed E-state index contributed by atoms with van der Waals surface area (Å²) in [7, 11) is 1.71. The van der Waals surface area contributed by atoms with Crippen LogP contribution in [0, 0.1) is 0 Å². The van der Waals surface area contributed by atoms with Crippen molar-refractivity contribution < 1.29 is 9.72 Å². The zero-order chi connectivity index (χ0) is 12.1. The summed E-state index contributed by atoms with van der Waals surface area (Å²) in [6, 6.07) is 7.91. The third kappa shape index (κ3) is 2.87. The molecule has 0 bridgehead atoms. The Labute approximate surface area is 106 Å². The Bertz CT molecular complexity index is 502. The molecule has 2 aromatic rings. The van der Waals surface area contributed by atoms with Crippen molar-refractivity contribution in [2.75, 3.05) is 25.6 Å². The number of halogens is 1. The third-order valence-corrected chi connectivity index (χ3v) is 2.94. The molecule has 0 aliphatic rings. The van der Waals surface area contributed by atoms with Crippen LogP contribution in [-0.2, 0) is 4.74 Å². The summed E-state index contributed by atoms with van der Waals surface area (Å²) in [5, 5.41) is 5.24. The topological polar surface area (TPSA) is 35.4 Å². The van der Waals surface area contributed by atoms with Crippen molar-refractivity contribution in [3.05, 3.63) is 35.5 Å². The molecule has 0 saturated heterocycles. The monoisotopic (exact) mass is 251 g/mol. The fraction of sp³-hybridized carbons (Fsp3) is 0.308. The van der Waals surface area contributed by atoms with Gasteiger partial charge in [0.15, 0.2) is 6.20 Å². The summed E-state index contributed by atoms with van der Waals surface area (Å²) in [4.78, 5) is 3.16. The number of methoxy groups -OCH3 is 1. The van der Waals surface area contributed by atoms with Crippen LogP contribution in [0.3, 0.4) is 0 Å². The molecule has 17 heavy (non-hydrogen) atoms. The molecular formula is C13H16ClN2O+. The summed E-state index contributed by atoms with van der Waals surface area (Å²) >= 11 is 6.13. The van der Waals surface area contributed by atoms with Gasteiger partial charge in [0, 0.05) is 26.3 Å². The van der Waals surface area contributed by atoms with Crippen molar-refractivity contribution in [1.82, 2.24) is 0 Å². The van der Waals surface area contributed by atoms with E-state index in [0.717, 1.165) is 41.2 Å². The molecule has 0 aliphatic carbocycles. The number of hydrogen-bond donors (Lipinski definition) is 1. The molecule has 0 atom stereocenters. The van der Waals surface area contributed by atoms with Gasteiger partial charge in [-0.1, -0.05) is 17.7 Å². The van der Waals surface area contributed by atoms with Crippen LogP contribution in [0.4, 0.5) is 5.69 Å². The van der Waals surface area contributed by atoms with Gasteiger partial charge in [-0.3, -0.25) is 0 Å². The van der Waals surface area contributed by atoms with Crippen molar-refractivity contribution >= 4 is 28.2 Å². The van der Waals surface area contributed by atoms with Gasteiger partial charge < -0.3 is 10.1 Å². The Morgan fingerprint density at radius 3 is 3.06 bits per heavy atom. The van der Waals surface area contributed by atoms with E-state index in [1.54, 1.807) is 7.11 Å². The van der Waals surface area contributed by atoms with Crippen molar-refractivity contribution in [1.29, 1.82) is 0 Å². The predicted molar refractivity (Wildman–Crippen MR) is 70.5 cm³/mol. The van der Waals surface area contributed by atoms with E-state index in [0.29, 0.717) is 0 Å². The minimum Gasteiger partial charge on any atom is -0.385 e. The van der Waals surface area contributed by atoms with Crippen molar-refractivity contribution in [3.8, 4) is 0 Å². The molecule has 0 fully saturated rings. The quantitative estimate of drug-likeness (QED) is 0.830. The highest BCUT2D eigenvalue weighted by molar-refractivity contribution is 6.34. The summed E-state index contributed by atoms with van der Waals surface area (Å²) in [5.41, 5.74) is 2.06. The summed E-state index contributed by atoms with van der Waals surface area (Å²) < 4.78 is 5.02. The highest BCUT2D eigenvalue weighted by Crippen LogP contribution is 2.24. The molecule has 2 N–H and O–H groups in total. The van der Waals surface area contributed by atoms with Gasteiger partial charge in [0.05, 0.1) is 11.1 Å². The lowest BCUT2D eigenvalue weighted by Crippen LogP contribution is -2.09. The zero-order valence-electron chi connectivity index (χ0n) is 9.79. The van der Waals surface area contributed by atoms with E-state index in [9.17, 15) is 0 Å². The Morgan fingerprint density at radius 1 is 1.35 bits per heavy atom. The lowest BCUT2D eigenvalue weighted by atomic mass is 10.2. The van der Waals surface area contributed by atoms with Gasteiger partial charge in [0.2, 0.25) is 5.52 Å². The molecule has 0 aliphatic heterocycles. The van der Waals surface area contributed by atoms with E-state index < -0.39 is 0 Å². The van der Waals surface area contributed by atoms with Gasteiger partial charge in [0.25, 0.3) is 0 Å². The van der Waals surface area contributed by atoms with E-state index >= 15 is 0 Å². The molecule has 0 saturated carbocycles. The average molecular weight is 252 g/mol. The third-order valence-electron chi connectivity index (χ3n) is 2.62. The first kappa shape index (κ1) is 12.1. The Hall–Kier alpha value is -1.32. The standard InChI is InChI=1S/C13H15ClN2O/c1-17-9-3-7-15-12-6-8-16-13-10(12)4-2-5-11(13)14/h2,4-6,8H,3,7,9H2,1H3,(H,15,16)/p+1. The van der Waals surface area contributed by atoms with Crippen LogP contribution in [0.15, 0.2) is 30.5 Å². The number of nitrogens with one attached hydrogen (secondary N) is 2. The second-order valence-corrected chi connectivity index (χ2v) is 4.23. The van der Waals surface area contributed by atoms with Crippen LogP contribution in [0.5, 0.6) is 0 Å². The Balaban J connectivity index is 2.19. The van der Waals surface area contributed by atoms with E-state index in [2.05, 4.69) is 16.4 Å². The van der Waals surface area contributed by atoms with Crippen LogP contribution in [0.1, 0.15) is 6.42 Å². The molecule has 1 heterocycles. The molecule has 1 aromatic carbocycles. The maximum absolute atomic E-state index is 6.13. The molecular weight excluding hydrogens is 236 g/mol. The number of aromatic nitrogens is 1. The molecule has 0 spiro atoms. The molecule has 2 rings (SSSR count). The number of H-pyrrole nitrogens is 1. The molecule has 0 unspecified atom stereocenters. The lowest BCUT2D eigenvalue weighted by molar-refractivity contribution is -0.344. The van der Waals surface area contributed by atoms with Crippen molar-refractivity contribution in [2.24, 2.45) is 0 Å². The van der Waals surface area contributed by atoms with E-state index in [4.69, 9.17) is 16.3 Å². The highest BCUT2D eigenvalue weighted by Gasteiger charge is 2.08. The summed E-state index contributed by atoms with van der Waals surface area (Å²) in [6.07, 6.45) is 2.88. The van der Waals surface area contributed by atoms with Crippen molar-refractivity contribution in [2.45, 2.75) is 6.42 Å². The van der Waals surface area contributed by atoms with E-state index in [1.165, 1.54) is 0 Å². The molecule has 3 nitrogen and oxygen atoms in total. The number of pyridine rings is 1. The van der Waals surface area contributed by atoms with Crippen LogP contribution in [0.2, 0.25) is 5.02 Å². The molecule has 0 amide bonds. The minimum absolute atomic E-state index is 0.739. The second kappa shape index (κ2) is 5.84. The van der Waals surface area contributed by atoms with E-state index in [1.807, 2.05) is 24.4 Å². The first-order valence-electron chi connectivity index (χ1n) is 5.64.